The second kappa shape index (κ2) is 10.2. The zero-order valence-corrected chi connectivity index (χ0v) is 18.9. The third-order valence-corrected chi connectivity index (χ3v) is 7.81. The summed E-state index contributed by atoms with van der Waals surface area (Å²) in [5.74, 6) is 0.161. The van der Waals surface area contributed by atoms with E-state index in [0.29, 0.717) is 10.8 Å². The van der Waals surface area contributed by atoms with Gasteiger partial charge in [-0.3, -0.25) is 20.2 Å². The van der Waals surface area contributed by atoms with Crippen LogP contribution in [0.2, 0.25) is 0 Å². The molecular weight excluding hydrogens is 480 g/mol. The minimum atomic E-state index is -4.33. The van der Waals surface area contributed by atoms with Crippen LogP contribution >= 0.6 is 0 Å². The Balaban J connectivity index is 2.25. The maximum Gasteiger partial charge on any atom is 0.311 e. The monoisotopic (exact) mass is 498 g/mol. The SMILES string of the molecule is COc1ccc(C=CS(=O)(=O)CS(=O)(=O)C=Cc2ccc(OC)c([N+](=O)[O-])c2)c([N+](=O)[O-])c1. The fraction of sp³-hybridized carbons (Fsp3) is 0.158. The highest BCUT2D eigenvalue weighted by molar-refractivity contribution is 8.10. The molecule has 0 radical (unpaired) electrons. The van der Waals surface area contributed by atoms with Gasteiger partial charge in [0.05, 0.1) is 35.7 Å². The average molecular weight is 498 g/mol. The Morgan fingerprint density at radius 3 is 1.97 bits per heavy atom. The van der Waals surface area contributed by atoms with Crippen molar-refractivity contribution in [2.75, 3.05) is 19.3 Å². The van der Waals surface area contributed by atoms with Crippen molar-refractivity contribution in [3.8, 4) is 11.5 Å². The zero-order chi connectivity index (χ0) is 24.8. The lowest BCUT2D eigenvalue weighted by Crippen LogP contribution is -2.11. The molecule has 0 unspecified atom stereocenters. The largest absolute Gasteiger partial charge is 0.497 e. The van der Waals surface area contributed by atoms with E-state index in [2.05, 4.69) is 0 Å². The molecule has 0 atom stereocenters. The van der Waals surface area contributed by atoms with E-state index in [-0.39, 0.29) is 22.6 Å². The van der Waals surface area contributed by atoms with Crippen LogP contribution in [0.1, 0.15) is 11.1 Å². The van der Waals surface area contributed by atoms with Gasteiger partial charge in [-0.1, -0.05) is 6.07 Å². The maximum atomic E-state index is 12.3. The van der Waals surface area contributed by atoms with E-state index in [0.717, 1.165) is 24.3 Å². The number of rotatable bonds is 10. The van der Waals surface area contributed by atoms with Crippen molar-refractivity contribution in [1.82, 2.24) is 0 Å². The number of ether oxygens (including phenoxy) is 2. The normalized spacial score (nSPS) is 12.2. The molecule has 0 saturated heterocycles. The summed E-state index contributed by atoms with van der Waals surface area (Å²) >= 11 is 0. The quantitative estimate of drug-likeness (QED) is 0.350. The van der Waals surface area contributed by atoms with Crippen LogP contribution < -0.4 is 9.47 Å². The van der Waals surface area contributed by atoms with Crippen LogP contribution in [0.15, 0.2) is 47.2 Å². The minimum Gasteiger partial charge on any atom is -0.497 e. The van der Waals surface area contributed by atoms with E-state index in [9.17, 15) is 37.1 Å². The van der Waals surface area contributed by atoms with Gasteiger partial charge in [0.15, 0.2) is 30.5 Å². The van der Waals surface area contributed by atoms with E-state index in [1.165, 1.54) is 38.5 Å². The van der Waals surface area contributed by atoms with Crippen LogP contribution in [0, 0.1) is 20.2 Å². The molecule has 2 aromatic rings. The van der Waals surface area contributed by atoms with Gasteiger partial charge in [0.2, 0.25) is 0 Å². The number of nitro groups is 2. The van der Waals surface area contributed by atoms with Gasteiger partial charge in [-0.25, -0.2) is 16.8 Å². The summed E-state index contributed by atoms with van der Waals surface area (Å²) in [5.41, 5.74) is -0.755. The molecule has 0 aliphatic rings. The van der Waals surface area contributed by atoms with Crippen molar-refractivity contribution in [3.63, 3.8) is 0 Å². The molecule has 176 valence electrons. The molecule has 0 aliphatic heterocycles. The minimum absolute atomic E-state index is 0.0275. The fourth-order valence-electron chi connectivity index (χ4n) is 2.57. The first-order valence-corrected chi connectivity index (χ1v) is 12.3. The van der Waals surface area contributed by atoms with Crippen LogP contribution in [-0.2, 0) is 19.7 Å². The van der Waals surface area contributed by atoms with E-state index in [4.69, 9.17) is 9.47 Å². The summed E-state index contributed by atoms with van der Waals surface area (Å²) in [6.07, 6.45) is 1.92. The third kappa shape index (κ3) is 7.11. The van der Waals surface area contributed by atoms with Crippen LogP contribution in [0.4, 0.5) is 11.4 Å². The molecule has 0 bridgehead atoms. The van der Waals surface area contributed by atoms with Crippen LogP contribution in [0.25, 0.3) is 12.2 Å². The highest BCUT2D eigenvalue weighted by Crippen LogP contribution is 2.28. The molecule has 0 heterocycles. The van der Waals surface area contributed by atoms with Gasteiger partial charge in [0.25, 0.3) is 5.69 Å². The number of nitro benzene ring substituents is 2. The predicted molar refractivity (Wildman–Crippen MR) is 120 cm³/mol. The molecule has 0 aromatic heterocycles. The number of hydrogen-bond acceptors (Lipinski definition) is 10. The number of hydrogen-bond donors (Lipinski definition) is 0. The van der Waals surface area contributed by atoms with Gasteiger partial charge in [0, 0.05) is 16.9 Å². The number of nitrogens with zero attached hydrogens (tertiary/aromatic N) is 2. The first-order chi connectivity index (χ1) is 15.4. The van der Waals surface area contributed by atoms with E-state index < -0.39 is 46.0 Å². The van der Waals surface area contributed by atoms with Crippen molar-refractivity contribution in [1.29, 1.82) is 0 Å². The third-order valence-electron chi connectivity index (χ3n) is 4.09. The molecule has 0 spiro atoms. The van der Waals surface area contributed by atoms with E-state index in [1.54, 1.807) is 0 Å². The molecule has 2 aromatic carbocycles. The molecule has 14 heteroatoms. The zero-order valence-electron chi connectivity index (χ0n) is 17.3. The van der Waals surface area contributed by atoms with E-state index >= 15 is 0 Å². The summed E-state index contributed by atoms with van der Waals surface area (Å²) in [4.78, 5) is 20.8. The van der Waals surface area contributed by atoms with Crippen molar-refractivity contribution < 1.29 is 36.2 Å². The summed E-state index contributed by atoms with van der Waals surface area (Å²) in [7, 11) is -6.09. The molecule has 0 fully saturated rings. The Morgan fingerprint density at radius 1 is 0.818 bits per heavy atom. The second-order valence-corrected chi connectivity index (χ2v) is 10.6. The highest BCUT2D eigenvalue weighted by atomic mass is 32.3. The molecule has 0 aliphatic carbocycles. The smallest absolute Gasteiger partial charge is 0.311 e. The summed E-state index contributed by atoms with van der Waals surface area (Å²) in [5, 5.41) is 22.1. The topological polar surface area (TPSA) is 173 Å². The van der Waals surface area contributed by atoms with E-state index in [1.807, 2.05) is 0 Å². The molecule has 12 nitrogen and oxygen atoms in total. The molecule has 2 rings (SSSR count). The Labute approximate surface area is 188 Å². The highest BCUT2D eigenvalue weighted by Gasteiger charge is 2.20. The molecule has 0 N–H and O–H groups in total. The van der Waals surface area contributed by atoms with Crippen LogP contribution in [-0.4, -0.2) is 46.0 Å². The molecule has 0 saturated carbocycles. The van der Waals surface area contributed by atoms with Gasteiger partial charge in [-0.15, -0.1) is 0 Å². The Hall–Kier alpha value is -3.78. The molecule has 33 heavy (non-hydrogen) atoms. The lowest BCUT2D eigenvalue weighted by molar-refractivity contribution is -0.385. The maximum absolute atomic E-state index is 12.3. The summed E-state index contributed by atoms with van der Waals surface area (Å²) in [6.45, 7) is 0. The standard InChI is InChI=1S/C19H18N2O10S2/c1-30-16-5-4-15(17(12-16)20(22)23)8-10-33(28,29)13-32(26,27)9-7-14-3-6-19(31-2)18(11-14)21(24)25/h3-12H,13H2,1-2H3. The van der Waals surface area contributed by atoms with Gasteiger partial charge in [-0.2, -0.15) is 0 Å². The fourth-order valence-corrected chi connectivity index (χ4v) is 5.75. The second-order valence-electron chi connectivity index (χ2n) is 6.42. The van der Waals surface area contributed by atoms with Crippen molar-refractivity contribution >= 4 is 43.2 Å². The predicted octanol–water partition coefficient (Wildman–Crippen LogP) is 2.95. The van der Waals surface area contributed by atoms with Crippen molar-refractivity contribution in [2.24, 2.45) is 0 Å². The van der Waals surface area contributed by atoms with Crippen LogP contribution in [0.5, 0.6) is 11.5 Å². The average Bonchev–Trinajstić information content (AvgIpc) is 2.75. The van der Waals surface area contributed by atoms with Gasteiger partial charge >= 0.3 is 5.69 Å². The number of sulfone groups is 2. The first-order valence-electron chi connectivity index (χ1n) is 8.84. The lowest BCUT2D eigenvalue weighted by atomic mass is 10.2. The molecule has 0 amide bonds. The van der Waals surface area contributed by atoms with Crippen molar-refractivity contribution in [2.45, 2.75) is 0 Å². The number of methoxy groups -OCH3 is 2. The Kier molecular flexibility index (Phi) is 7.90. The Morgan fingerprint density at radius 2 is 1.42 bits per heavy atom. The number of benzene rings is 2. The first kappa shape index (κ1) is 25.5. The lowest BCUT2D eigenvalue weighted by Gasteiger charge is -2.03. The summed E-state index contributed by atoms with van der Waals surface area (Å²) < 4.78 is 58.8. The van der Waals surface area contributed by atoms with Gasteiger partial charge in [-0.05, 0) is 35.9 Å². The van der Waals surface area contributed by atoms with Crippen molar-refractivity contribution in [3.05, 3.63) is 78.6 Å². The molecular formula is C19H18N2O10S2. The van der Waals surface area contributed by atoms with Gasteiger partial charge < -0.3 is 9.47 Å². The van der Waals surface area contributed by atoms with Crippen LogP contribution in [0.3, 0.4) is 0 Å². The van der Waals surface area contributed by atoms with Gasteiger partial charge in [0.1, 0.15) is 5.75 Å². The Bertz CT molecular complexity index is 1350. The summed E-state index contributed by atoms with van der Waals surface area (Å²) in [6, 6.07) is 7.43.